The van der Waals surface area contributed by atoms with Crippen molar-refractivity contribution in [2.45, 2.75) is 13.2 Å². The molecule has 0 radical (unpaired) electrons. The van der Waals surface area contributed by atoms with E-state index in [0.717, 1.165) is 49.9 Å². The zero-order valence-corrected chi connectivity index (χ0v) is 19.4. The molecule has 5 heterocycles. The Morgan fingerprint density at radius 1 is 0.757 bits per heavy atom. The third-order valence-corrected chi connectivity index (χ3v) is 6.48. The van der Waals surface area contributed by atoms with Crippen LogP contribution in [0.1, 0.15) is 5.56 Å². The number of aromatic nitrogens is 5. The van der Waals surface area contributed by atoms with Crippen LogP contribution in [0.5, 0.6) is 11.5 Å². The summed E-state index contributed by atoms with van der Waals surface area (Å²) < 4.78 is 36.4. The molecule has 1 aliphatic rings. The Balaban J connectivity index is 1.44. The van der Waals surface area contributed by atoms with Gasteiger partial charge in [0, 0.05) is 46.1 Å². The van der Waals surface area contributed by atoms with Crippen molar-refractivity contribution in [1.29, 1.82) is 0 Å². The van der Waals surface area contributed by atoms with Crippen LogP contribution in [0.15, 0.2) is 79.5 Å². The van der Waals surface area contributed by atoms with Crippen LogP contribution in [0.2, 0.25) is 0 Å². The summed E-state index contributed by atoms with van der Waals surface area (Å²) in [7, 11) is 0. The average Bonchev–Trinajstić information content (AvgIpc) is 3.50. The first-order valence-corrected chi connectivity index (χ1v) is 11.5. The fraction of sp³-hybridized carbons (Fsp3) is 0.0714. The van der Waals surface area contributed by atoms with Crippen LogP contribution in [-0.2, 0) is 0 Å². The number of nitrogens with zero attached hydrogens (tertiary/aromatic N) is 4. The number of hydrogen-bond donors (Lipinski definition) is 1. The fourth-order valence-electron chi connectivity index (χ4n) is 4.89. The summed E-state index contributed by atoms with van der Waals surface area (Å²) in [6, 6.07) is 16.4. The monoisotopic (exact) mass is 493 g/mol. The van der Waals surface area contributed by atoms with E-state index in [0.29, 0.717) is 11.3 Å². The van der Waals surface area contributed by atoms with Gasteiger partial charge in [-0.3, -0.25) is 9.97 Å². The van der Waals surface area contributed by atoms with E-state index >= 15 is 0 Å². The Labute approximate surface area is 208 Å². The molecular formula is C28H17F2N5O2. The van der Waals surface area contributed by atoms with Gasteiger partial charge in [-0.1, -0.05) is 12.1 Å². The normalized spacial score (nSPS) is 13.9. The standard InChI is InChI=1S/C28H17F2N5O2/c1-15-4-6-18-17(8-11-32-24(18)16-5-7-21-22(13-16)37-28(29,30)36-21)23(15)26-19(3-2-10-31-26)25-20-9-12-33-27(20)35-14-34-25/h2-14H,1H3,(H,33,34,35). The molecule has 1 N–H and O–H groups in total. The van der Waals surface area contributed by atoms with E-state index in [1.165, 1.54) is 18.5 Å². The molecule has 2 aromatic carbocycles. The molecular weight excluding hydrogens is 476 g/mol. The number of ether oxygens (including phenoxy) is 2. The maximum atomic E-state index is 13.6. The molecule has 0 atom stereocenters. The molecule has 0 spiro atoms. The second-order valence-corrected chi connectivity index (χ2v) is 8.70. The van der Waals surface area contributed by atoms with Crippen LogP contribution in [0, 0.1) is 6.92 Å². The Kier molecular flexibility index (Phi) is 4.50. The van der Waals surface area contributed by atoms with E-state index in [2.05, 4.69) is 29.4 Å². The molecule has 0 bridgehead atoms. The van der Waals surface area contributed by atoms with Crippen LogP contribution in [-0.4, -0.2) is 31.2 Å². The predicted octanol–water partition coefficient (Wildman–Crippen LogP) is 6.53. The predicted molar refractivity (Wildman–Crippen MR) is 134 cm³/mol. The van der Waals surface area contributed by atoms with Crippen molar-refractivity contribution >= 4 is 21.8 Å². The highest BCUT2D eigenvalue weighted by atomic mass is 19.3. The molecule has 37 heavy (non-hydrogen) atoms. The van der Waals surface area contributed by atoms with Crippen molar-refractivity contribution in [1.82, 2.24) is 24.9 Å². The molecule has 4 aromatic heterocycles. The van der Waals surface area contributed by atoms with Gasteiger partial charge in [-0.15, -0.1) is 8.78 Å². The number of pyridine rings is 2. The molecule has 0 saturated carbocycles. The minimum absolute atomic E-state index is 0.00966. The summed E-state index contributed by atoms with van der Waals surface area (Å²) in [6.07, 6.45) is 3.15. The number of H-pyrrole nitrogens is 1. The Morgan fingerprint density at radius 3 is 2.54 bits per heavy atom. The lowest BCUT2D eigenvalue weighted by atomic mass is 9.92. The van der Waals surface area contributed by atoms with E-state index in [-0.39, 0.29) is 11.5 Å². The number of aryl methyl sites for hydroxylation is 1. The van der Waals surface area contributed by atoms with Gasteiger partial charge in [0.05, 0.1) is 17.1 Å². The molecule has 7 rings (SSSR count). The summed E-state index contributed by atoms with van der Waals surface area (Å²) in [5.74, 6) is -0.0375. The summed E-state index contributed by atoms with van der Waals surface area (Å²) in [5, 5.41) is 2.67. The van der Waals surface area contributed by atoms with Crippen LogP contribution in [0.3, 0.4) is 0 Å². The molecule has 6 aromatic rings. The van der Waals surface area contributed by atoms with Gasteiger partial charge in [-0.2, -0.15) is 0 Å². The third-order valence-electron chi connectivity index (χ3n) is 6.48. The molecule has 7 nitrogen and oxygen atoms in total. The summed E-state index contributed by atoms with van der Waals surface area (Å²) in [6.45, 7) is 2.03. The number of rotatable bonds is 3. The van der Waals surface area contributed by atoms with Gasteiger partial charge in [0.2, 0.25) is 0 Å². The van der Waals surface area contributed by atoms with Crippen molar-refractivity contribution in [3.8, 4) is 45.3 Å². The van der Waals surface area contributed by atoms with E-state index in [1.807, 2.05) is 49.5 Å². The maximum Gasteiger partial charge on any atom is 0.586 e. The number of nitrogens with one attached hydrogen (secondary N) is 1. The molecule has 0 saturated heterocycles. The van der Waals surface area contributed by atoms with Gasteiger partial charge in [0.15, 0.2) is 11.5 Å². The molecule has 0 amide bonds. The lowest BCUT2D eigenvalue weighted by Gasteiger charge is -2.15. The molecule has 0 unspecified atom stereocenters. The van der Waals surface area contributed by atoms with Crippen molar-refractivity contribution in [2.75, 3.05) is 0 Å². The topological polar surface area (TPSA) is 85.8 Å². The first kappa shape index (κ1) is 21.4. The zero-order valence-electron chi connectivity index (χ0n) is 19.4. The molecule has 0 aliphatic carbocycles. The van der Waals surface area contributed by atoms with E-state index < -0.39 is 6.29 Å². The molecule has 180 valence electrons. The Bertz CT molecular complexity index is 1850. The van der Waals surface area contributed by atoms with Crippen LogP contribution in [0.25, 0.3) is 55.6 Å². The Morgan fingerprint density at radius 2 is 1.62 bits per heavy atom. The van der Waals surface area contributed by atoms with Crippen molar-refractivity contribution in [3.05, 3.63) is 85.1 Å². The number of fused-ring (bicyclic) bond motifs is 3. The van der Waals surface area contributed by atoms with Gasteiger partial charge in [-0.05, 0) is 60.3 Å². The molecule has 0 fully saturated rings. The molecule has 9 heteroatoms. The second-order valence-electron chi connectivity index (χ2n) is 8.70. The third kappa shape index (κ3) is 3.39. The SMILES string of the molecule is Cc1ccc2c(-c3ccc4c(c3)OC(F)(F)O4)nccc2c1-c1ncccc1-c1ncnc2[nH]ccc12. The average molecular weight is 493 g/mol. The first-order valence-electron chi connectivity index (χ1n) is 11.5. The van der Waals surface area contributed by atoms with E-state index in [9.17, 15) is 8.78 Å². The van der Waals surface area contributed by atoms with Crippen LogP contribution < -0.4 is 9.47 Å². The van der Waals surface area contributed by atoms with Crippen molar-refractivity contribution < 1.29 is 18.3 Å². The summed E-state index contributed by atoms with van der Waals surface area (Å²) >= 11 is 0. The lowest BCUT2D eigenvalue weighted by Crippen LogP contribution is -2.25. The zero-order chi connectivity index (χ0) is 25.1. The molecule has 1 aliphatic heterocycles. The smallest absolute Gasteiger partial charge is 0.395 e. The number of hydrogen-bond acceptors (Lipinski definition) is 6. The highest BCUT2D eigenvalue weighted by molar-refractivity contribution is 6.06. The number of alkyl halides is 2. The van der Waals surface area contributed by atoms with E-state index in [1.54, 1.807) is 18.5 Å². The fourth-order valence-corrected chi connectivity index (χ4v) is 4.89. The number of halogens is 2. The quantitative estimate of drug-likeness (QED) is 0.302. The van der Waals surface area contributed by atoms with Crippen molar-refractivity contribution in [2.24, 2.45) is 0 Å². The van der Waals surface area contributed by atoms with Gasteiger partial charge in [-0.25, -0.2) is 9.97 Å². The number of benzene rings is 2. The second kappa shape index (κ2) is 7.79. The van der Waals surface area contributed by atoms with Crippen molar-refractivity contribution in [3.63, 3.8) is 0 Å². The van der Waals surface area contributed by atoms with Gasteiger partial charge in [0.1, 0.15) is 12.0 Å². The first-order chi connectivity index (χ1) is 18.0. The van der Waals surface area contributed by atoms with Crippen LogP contribution >= 0.6 is 0 Å². The lowest BCUT2D eigenvalue weighted by molar-refractivity contribution is -0.286. The maximum absolute atomic E-state index is 13.6. The largest absolute Gasteiger partial charge is 0.586 e. The highest BCUT2D eigenvalue weighted by Gasteiger charge is 2.43. The highest BCUT2D eigenvalue weighted by Crippen LogP contribution is 2.44. The van der Waals surface area contributed by atoms with E-state index in [4.69, 9.17) is 4.98 Å². The minimum Gasteiger partial charge on any atom is -0.395 e. The van der Waals surface area contributed by atoms with Gasteiger partial charge >= 0.3 is 6.29 Å². The van der Waals surface area contributed by atoms with Crippen LogP contribution in [0.4, 0.5) is 8.78 Å². The van der Waals surface area contributed by atoms with Gasteiger partial charge < -0.3 is 14.5 Å². The Hall–Kier alpha value is -4.92. The minimum atomic E-state index is -3.68. The summed E-state index contributed by atoms with van der Waals surface area (Å²) in [4.78, 5) is 21.4. The summed E-state index contributed by atoms with van der Waals surface area (Å²) in [5.41, 5.74) is 6.38. The van der Waals surface area contributed by atoms with Gasteiger partial charge in [0.25, 0.3) is 0 Å². The number of aromatic amines is 1.